The standard InChI is InChI=1S/C14H29BO2/c1-10(2)11(9-13(3,4)5)12(16)17-14(6,7)15-8/h10-11,15H,9H2,1-8H3. The van der Waals surface area contributed by atoms with Crippen LogP contribution in [0.25, 0.3) is 0 Å². The molecule has 0 fully saturated rings. The molecule has 2 nitrogen and oxygen atoms in total. The Labute approximate surface area is 108 Å². The summed E-state index contributed by atoms with van der Waals surface area (Å²) in [5.41, 5.74) is -0.188. The maximum Gasteiger partial charge on any atom is 0.308 e. The maximum atomic E-state index is 12.2. The lowest BCUT2D eigenvalue weighted by Gasteiger charge is -2.31. The molecule has 0 aromatic carbocycles. The highest BCUT2D eigenvalue weighted by Crippen LogP contribution is 2.30. The highest BCUT2D eigenvalue weighted by Gasteiger charge is 2.32. The van der Waals surface area contributed by atoms with E-state index in [2.05, 4.69) is 34.6 Å². The number of rotatable bonds is 5. The minimum atomic E-state index is -0.345. The molecule has 0 aromatic rings. The SMILES string of the molecule is CBC(C)(C)OC(=O)C(CC(C)(C)C)C(C)C. The fraction of sp³-hybridized carbons (Fsp3) is 0.929. The normalized spacial score (nSPS) is 14.6. The van der Waals surface area contributed by atoms with E-state index in [4.69, 9.17) is 4.74 Å². The first kappa shape index (κ1) is 16.5. The average Bonchev–Trinajstić information content (AvgIpc) is 2.11. The second kappa shape index (κ2) is 5.93. The van der Waals surface area contributed by atoms with Crippen LogP contribution in [-0.4, -0.2) is 18.7 Å². The number of carbonyl (C=O) groups excluding carboxylic acids is 1. The predicted octanol–water partition coefficient (Wildman–Crippen LogP) is 3.46. The average molecular weight is 240 g/mol. The first-order valence-corrected chi connectivity index (χ1v) is 6.71. The molecular weight excluding hydrogens is 211 g/mol. The van der Waals surface area contributed by atoms with Gasteiger partial charge in [-0.2, -0.15) is 0 Å². The Kier molecular flexibility index (Phi) is 5.76. The fourth-order valence-corrected chi connectivity index (χ4v) is 1.67. The van der Waals surface area contributed by atoms with Gasteiger partial charge in [0.15, 0.2) is 7.28 Å². The molecule has 0 N–H and O–H groups in total. The summed E-state index contributed by atoms with van der Waals surface area (Å²) in [4.78, 5) is 12.2. The third-order valence-corrected chi connectivity index (χ3v) is 3.17. The zero-order chi connectivity index (χ0) is 13.9. The van der Waals surface area contributed by atoms with Crippen molar-refractivity contribution in [3.63, 3.8) is 0 Å². The number of hydrogen-bond donors (Lipinski definition) is 0. The van der Waals surface area contributed by atoms with Crippen LogP contribution in [0.2, 0.25) is 6.82 Å². The second-order valence-corrected chi connectivity index (χ2v) is 7.15. The number of hydrogen-bond acceptors (Lipinski definition) is 2. The van der Waals surface area contributed by atoms with E-state index in [1.807, 2.05) is 20.7 Å². The van der Waals surface area contributed by atoms with Gasteiger partial charge in [-0.1, -0.05) is 41.4 Å². The van der Waals surface area contributed by atoms with E-state index >= 15 is 0 Å². The van der Waals surface area contributed by atoms with Crippen molar-refractivity contribution in [2.24, 2.45) is 17.3 Å². The molecule has 0 amide bonds. The van der Waals surface area contributed by atoms with Crippen LogP contribution in [0.1, 0.15) is 54.9 Å². The van der Waals surface area contributed by atoms with Gasteiger partial charge in [0.05, 0.1) is 11.4 Å². The zero-order valence-corrected chi connectivity index (χ0v) is 12.9. The molecule has 100 valence electrons. The minimum absolute atomic E-state index is 0.000764. The van der Waals surface area contributed by atoms with Gasteiger partial charge in [0.1, 0.15) is 0 Å². The molecule has 0 rings (SSSR count). The van der Waals surface area contributed by atoms with Crippen LogP contribution in [0.4, 0.5) is 0 Å². The largest absolute Gasteiger partial charge is 0.469 e. The molecule has 17 heavy (non-hydrogen) atoms. The second-order valence-electron chi connectivity index (χ2n) is 7.15. The number of esters is 1. The summed E-state index contributed by atoms with van der Waals surface area (Å²) in [6, 6.07) is 0. The Morgan fingerprint density at radius 3 is 1.94 bits per heavy atom. The van der Waals surface area contributed by atoms with Crippen molar-refractivity contribution in [1.82, 2.24) is 0 Å². The lowest BCUT2D eigenvalue weighted by Crippen LogP contribution is -2.38. The van der Waals surface area contributed by atoms with E-state index in [-0.39, 0.29) is 22.8 Å². The Bertz CT molecular complexity index is 251. The monoisotopic (exact) mass is 240 g/mol. The Balaban J connectivity index is 4.68. The van der Waals surface area contributed by atoms with Gasteiger partial charge in [-0.15, -0.1) is 0 Å². The van der Waals surface area contributed by atoms with Gasteiger partial charge >= 0.3 is 5.97 Å². The third kappa shape index (κ3) is 6.75. The quantitative estimate of drug-likeness (QED) is 0.543. The molecule has 0 bridgehead atoms. The van der Waals surface area contributed by atoms with Gasteiger partial charge in [0.25, 0.3) is 0 Å². The zero-order valence-electron chi connectivity index (χ0n) is 12.9. The van der Waals surface area contributed by atoms with Crippen molar-refractivity contribution >= 4 is 13.2 Å². The summed E-state index contributed by atoms with van der Waals surface area (Å²) in [5, 5.41) is 0. The van der Waals surface area contributed by atoms with Crippen molar-refractivity contribution in [2.75, 3.05) is 0 Å². The number of carbonyl (C=O) groups is 1. The summed E-state index contributed by atoms with van der Waals surface area (Å²) in [5.74, 6) is 0.289. The Morgan fingerprint density at radius 1 is 1.18 bits per heavy atom. The Morgan fingerprint density at radius 2 is 1.65 bits per heavy atom. The third-order valence-electron chi connectivity index (χ3n) is 3.17. The van der Waals surface area contributed by atoms with E-state index < -0.39 is 0 Å². The molecule has 0 saturated carbocycles. The highest BCUT2D eigenvalue weighted by atomic mass is 16.6. The van der Waals surface area contributed by atoms with Crippen molar-refractivity contribution in [1.29, 1.82) is 0 Å². The van der Waals surface area contributed by atoms with Crippen LogP contribution in [0.3, 0.4) is 0 Å². The van der Waals surface area contributed by atoms with Crippen LogP contribution in [0.15, 0.2) is 0 Å². The smallest absolute Gasteiger partial charge is 0.308 e. The molecule has 0 radical (unpaired) electrons. The van der Waals surface area contributed by atoms with Crippen molar-refractivity contribution < 1.29 is 9.53 Å². The fourth-order valence-electron chi connectivity index (χ4n) is 1.67. The first-order chi connectivity index (χ1) is 7.48. The molecule has 0 aliphatic rings. The van der Waals surface area contributed by atoms with Crippen LogP contribution in [-0.2, 0) is 9.53 Å². The van der Waals surface area contributed by atoms with Gasteiger partial charge in [-0.25, -0.2) is 0 Å². The van der Waals surface area contributed by atoms with Crippen LogP contribution in [0.5, 0.6) is 0 Å². The van der Waals surface area contributed by atoms with Crippen LogP contribution >= 0.6 is 0 Å². The van der Waals surface area contributed by atoms with E-state index in [0.29, 0.717) is 5.92 Å². The van der Waals surface area contributed by atoms with Crippen molar-refractivity contribution in [2.45, 2.75) is 67.2 Å². The summed E-state index contributed by atoms with van der Waals surface area (Å²) < 4.78 is 5.62. The van der Waals surface area contributed by atoms with Gasteiger partial charge in [0, 0.05) is 0 Å². The van der Waals surface area contributed by atoms with Crippen molar-refractivity contribution in [3.05, 3.63) is 0 Å². The summed E-state index contributed by atoms with van der Waals surface area (Å²) in [6.07, 6.45) is 0.878. The van der Waals surface area contributed by atoms with Crippen LogP contribution < -0.4 is 0 Å². The van der Waals surface area contributed by atoms with Gasteiger partial charge < -0.3 is 4.74 Å². The number of ether oxygens (including phenoxy) is 1. The van der Waals surface area contributed by atoms with E-state index in [1.54, 1.807) is 0 Å². The van der Waals surface area contributed by atoms with Crippen LogP contribution in [0, 0.1) is 17.3 Å². The molecule has 1 atom stereocenters. The molecule has 1 unspecified atom stereocenters. The highest BCUT2D eigenvalue weighted by molar-refractivity contribution is 6.37. The maximum absolute atomic E-state index is 12.2. The summed E-state index contributed by atoms with van der Waals surface area (Å²) >= 11 is 0. The summed E-state index contributed by atoms with van der Waals surface area (Å²) in [6.45, 7) is 16.7. The summed E-state index contributed by atoms with van der Waals surface area (Å²) in [7, 11) is 0.846. The van der Waals surface area contributed by atoms with E-state index in [0.717, 1.165) is 13.7 Å². The van der Waals surface area contributed by atoms with Gasteiger partial charge in [-0.05, 0) is 31.6 Å². The topological polar surface area (TPSA) is 26.3 Å². The molecule has 0 aromatic heterocycles. The van der Waals surface area contributed by atoms with Crippen molar-refractivity contribution in [3.8, 4) is 0 Å². The molecule has 0 aliphatic heterocycles. The molecule has 0 saturated heterocycles. The van der Waals surface area contributed by atoms with E-state index in [9.17, 15) is 4.79 Å². The molecule has 0 aliphatic carbocycles. The van der Waals surface area contributed by atoms with E-state index in [1.165, 1.54) is 0 Å². The molecular formula is C14H29BO2. The first-order valence-electron chi connectivity index (χ1n) is 6.71. The molecule has 3 heteroatoms. The Hall–Kier alpha value is -0.465. The van der Waals surface area contributed by atoms with Gasteiger partial charge in [0.2, 0.25) is 0 Å². The minimum Gasteiger partial charge on any atom is -0.469 e. The predicted molar refractivity (Wildman–Crippen MR) is 75.6 cm³/mol. The molecule has 0 spiro atoms. The lowest BCUT2D eigenvalue weighted by molar-refractivity contribution is -0.158. The molecule has 0 heterocycles. The lowest BCUT2D eigenvalue weighted by atomic mass is 9.65. The van der Waals surface area contributed by atoms with Gasteiger partial charge in [-0.3, -0.25) is 4.79 Å².